The fraction of sp³-hybridized carbons (Fsp3) is 0.286. The molecule has 3 aromatic rings. The van der Waals surface area contributed by atoms with Crippen LogP contribution in [-0.2, 0) is 6.54 Å². The Bertz CT molecular complexity index is 1420. The lowest BCUT2D eigenvalue weighted by Crippen LogP contribution is -2.30. The van der Waals surface area contributed by atoms with Crippen molar-refractivity contribution >= 4 is 46.0 Å². The van der Waals surface area contributed by atoms with Gasteiger partial charge >= 0.3 is 6.61 Å². The molecule has 1 unspecified atom stereocenters. The lowest BCUT2D eigenvalue weighted by molar-refractivity contribution is -0.0496. The number of nitrogens with zero attached hydrogens (tertiary/aromatic N) is 1. The van der Waals surface area contributed by atoms with Crippen molar-refractivity contribution in [1.82, 2.24) is 10.2 Å². The Morgan fingerprint density at radius 3 is 2.56 bits per heavy atom. The van der Waals surface area contributed by atoms with E-state index < -0.39 is 12.4 Å². The van der Waals surface area contributed by atoms with E-state index in [0.29, 0.717) is 45.0 Å². The molecule has 204 valence electrons. The monoisotopic (exact) mass is 593 g/mol. The van der Waals surface area contributed by atoms with Gasteiger partial charge in [0.2, 0.25) is 0 Å². The van der Waals surface area contributed by atoms with E-state index in [4.69, 9.17) is 28.6 Å². The highest BCUT2D eigenvalue weighted by molar-refractivity contribution is 8.14. The van der Waals surface area contributed by atoms with Gasteiger partial charge in [-0.25, -0.2) is 4.39 Å². The molecular formula is C28H24Cl2F3N3O2S. The number of thioether (sulfide) groups is 1. The summed E-state index contributed by atoms with van der Waals surface area (Å²) in [6.07, 6.45) is 1.91. The molecule has 2 aliphatic rings. The smallest absolute Gasteiger partial charge is 0.387 e. The van der Waals surface area contributed by atoms with Crippen molar-refractivity contribution in [3.05, 3.63) is 87.2 Å². The fourth-order valence-corrected chi connectivity index (χ4v) is 5.80. The molecule has 3 aromatic carbocycles. The van der Waals surface area contributed by atoms with Crippen LogP contribution in [0.2, 0.25) is 10.0 Å². The molecule has 1 atom stereocenters. The van der Waals surface area contributed by atoms with Crippen molar-refractivity contribution in [3.63, 3.8) is 0 Å². The summed E-state index contributed by atoms with van der Waals surface area (Å²) in [5, 5.41) is 12.5. The molecule has 0 spiro atoms. The molecule has 0 radical (unpaired) electrons. The number of amidine groups is 1. The van der Waals surface area contributed by atoms with Crippen LogP contribution in [0.1, 0.15) is 40.4 Å². The number of nitrogens with one attached hydrogen (secondary N) is 2. The van der Waals surface area contributed by atoms with Gasteiger partial charge < -0.3 is 15.0 Å². The average Bonchev–Trinajstić information content (AvgIpc) is 3.65. The van der Waals surface area contributed by atoms with Gasteiger partial charge in [-0.2, -0.15) is 8.78 Å². The third kappa shape index (κ3) is 6.65. The lowest BCUT2D eigenvalue weighted by Gasteiger charge is -2.21. The van der Waals surface area contributed by atoms with Crippen molar-refractivity contribution in [2.45, 2.75) is 32.0 Å². The summed E-state index contributed by atoms with van der Waals surface area (Å²) in [7, 11) is 0. The maximum atomic E-state index is 13.9. The topological polar surface area (TPSA) is 65.4 Å². The van der Waals surface area contributed by atoms with E-state index in [2.05, 4.69) is 10.1 Å². The van der Waals surface area contributed by atoms with Crippen LogP contribution in [0.25, 0.3) is 11.1 Å². The van der Waals surface area contributed by atoms with E-state index in [1.165, 1.54) is 17.8 Å². The van der Waals surface area contributed by atoms with Gasteiger partial charge in [0, 0.05) is 36.0 Å². The van der Waals surface area contributed by atoms with Gasteiger partial charge in [-0.1, -0.05) is 41.0 Å². The van der Waals surface area contributed by atoms with Gasteiger partial charge in [-0.3, -0.25) is 10.2 Å². The maximum Gasteiger partial charge on any atom is 0.387 e. The first-order valence-electron chi connectivity index (χ1n) is 12.3. The number of hydrogen-bond acceptors (Lipinski definition) is 4. The number of halogens is 5. The number of hydrogen-bond donors (Lipinski definition) is 2. The minimum Gasteiger partial charge on any atom is -0.434 e. The average molecular weight is 594 g/mol. The third-order valence-corrected chi connectivity index (χ3v) is 8.33. The summed E-state index contributed by atoms with van der Waals surface area (Å²) < 4.78 is 44.8. The molecule has 2 fully saturated rings. The number of amides is 1. The molecule has 1 amide bonds. The summed E-state index contributed by atoms with van der Waals surface area (Å²) in [4.78, 5) is 15.5. The van der Waals surface area contributed by atoms with Crippen LogP contribution in [0.5, 0.6) is 5.75 Å². The standard InChI is InChI=1S/C28H24Cl2F3N3O2S/c29-22-6-3-17(12-23(22)30)25(16-1-2-16)35-26(37)19-10-15(14-36-7-8-39-28(36)34)9-18(11-19)21-5-4-20(31)13-24(21)38-27(32)33/h3-6,9-13,16,25,27,34H,1-2,7-8,14H2,(H,35,37). The molecule has 2 N–H and O–H groups in total. The minimum absolute atomic E-state index is 0.224. The highest BCUT2D eigenvalue weighted by atomic mass is 35.5. The molecule has 11 heteroatoms. The second kappa shape index (κ2) is 11.7. The van der Waals surface area contributed by atoms with Crippen molar-refractivity contribution < 1.29 is 22.7 Å². The second-order valence-electron chi connectivity index (χ2n) is 9.47. The predicted molar refractivity (Wildman–Crippen MR) is 148 cm³/mol. The number of carbonyl (C=O) groups is 1. The number of carbonyl (C=O) groups excluding carboxylic acids is 1. The van der Waals surface area contributed by atoms with Gasteiger partial charge in [0.15, 0.2) is 5.17 Å². The highest BCUT2D eigenvalue weighted by Gasteiger charge is 2.34. The second-order valence-corrected chi connectivity index (χ2v) is 11.4. The van der Waals surface area contributed by atoms with Gasteiger partial charge in [-0.15, -0.1) is 0 Å². The maximum absolute atomic E-state index is 13.9. The molecule has 0 bridgehead atoms. The predicted octanol–water partition coefficient (Wildman–Crippen LogP) is 7.77. The largest absolute Gasteiger partial charge is 0.434 e. The molecule has 5 rings (SSSR count). The zero-order chi connectivity index (χ0) is 27.7. The van der Waals surface area contributed by atoms with Crippen molar-refractivity contribution in [2.24, 2.45) is 5.92 Å². The number of benzene rings is 3. The SMILES string of the molecule is N=C1SCCN1Cc1cc(C(=O)NC(c2ccc(Cl)c(Cl)c2)C2CC2)cc(-c2ccc(F)cc2OC(F)F)c1. The van der Waals surface area contributed by atoms with Crippen LogP contribution in [0.3, 0.4) is 0 Å². The van der Waals surface area contributed by atoms with Crippen molar-refractivity contribution in [2.75, 3.05) is 12.3 Å². The Morgan fingerprint density at radius 1 is 1.10 bits per heavy atom. The fourth-order valence-electron chi connectivity index (χ4n) is 4.65. The van der Waals surface area contributed by atoms with Crippen LogP contribution in [-0.4, -0.2) is 34.9 Å². The summed E-state index contributed by atoms with van der Waals surface area (Å²) in [5.74, 6) is -0.378. The molecule has 1 heterocycles. The lowest BCUT2D eigenvalue weighted by atomic mass is 9.97. The van der Waals surface area contributed by atoms with E-state index in [1.807, 2.05) is 11.0 Å². The first-order valence-corrected chi connectivity index (χ1v) is 14.0. The van der Waals surface area contributed by atoms with Crippen molar-refractivity contribution in [1.29, 1.82) is 5.41 Å². The van der Waals surface area contributed by atoms with Crippen LogP contribution < -0.4 is 10.1 Å². The van der Waals surface area contributed by atoms with Gasteiger partial charge in [0.05, 0.1) is 16.1 Å². The summed E-state index contributed by atoms with van der Waals surface area (Å²) in [5.41, 5.74) is 2.49. The molecule has 0 aromatic heterocycles. The Labute approximate surface area is 238 Å². The van der Waals surface area contributed by atoms with Crippen molar-refractivity contribution in [3.8, 4) is 16.9 Å². The normalized spacial score (nSPS) is 16.1. The zero-order valence-electron chi connectivity index (χ0n) is 20.5. The van der Waals surface area contributed by atoms with E-state index >= 15 is 0 Å². The molecular weight excluding hydrogens is 570 g/mol. The van der Waals surface area contributed by atoms with E-state index in [1.54, 1.807) is 30.3 Å². The number of ether oxygens (including phenoxy) is 1. The Balaban J connectivity index is 1.51. The number of rotatable bonds is 9. The molecule has 1 aliphatic carbocycles. The molecule has 1 saturated carbocycles. The minimum atomic E-state index is -3.15. The molecule has 39 heavy (non-hydrogen) atoms. The first kappa shape index (κ1) is 27.7. The summed E-state index contributed by atoms with van der Waals surface area (Å²) in [6, 6.07) is 13.4. The Hall–Kier alpha value is -2.88. The van der Waals surface area contributed by atoms with E-state index in [0.717, 1.165) is 36.3 Å². The Morgan fingerprint density at radius 2 is 1.90 bits per heavy atom. The molecule has 5 nitrogen and oxygen atoms in total. The van der Waals surface area contributed by atoms with Gasteiger partial charge in [0.1, 0.15) is 11.6 Å². The Kier molecular flexibility index (Phi) is 8.30. The zero-order valence-corrected chi connectivity index (χ0v) is 22.9. The van der Waals surface area contributed by atoms with Crippen LogP contribution in [0.15, 0.2) is 54.6 Å². The molecule has 1 aliphatic heterocycles. The summed E-state index contributed by atoms with van der Waals surface area (Å²) >= 11 is 13.8. The number of alkyl halides is 2. The summed E-state index contributed by atoms with van der Waals surface area (Å²) in [6.45, 7) is -2.12. The van der Waals surface area contributed by atoms with E-state index in [-0.39, 0.29) is 29.2 Å². The first-order chi connectivity index (χ1) is 18.7. The third-order valence-electron chi connectivity index (χ3n) is 6.67. The van der Waals surface area contributed by atoms with Gasteiger partial charge in [-0.05, 0) is 77.9 Å². The van der Waals surface area contributed by atoms with Gasteiger partial charge in [0.25, 0.3) is 5.91 Å². The highest BCUT2D eigenvalue weighted by Crippen LogP contribution is 2.42. The van der Waals surface area contributed by atoms with E-state index in [9.17, 15) is 18.0 Å². The van der Waals surface area contributed by atoms with Crippen LogP contribution in [0, 0.1) is 17.1 Å². The van der Waals surface area contributed by atoms with Crippen LogP contribution >= 0.6 is 35.0 Å². The van der Waals surface area contributed by atoms with Crippen LogP contribution in [0.4, 0.5) is 13.2 Å². The quantitative estimate of drug-likeness (QED) is 0.266. The molecule has 1 saturated heterocycles.